The van der Waals surface area contributed by atoms with Gasteiger partial charge in [0.1, 0.15) is 18.7 Å². The van der Waals surface area contributed by atoms with Crippen LogP contribution in [0.4, 0.5) is 5.82 Å². The van der Waals surface area contributed by atoms with E-state index >= 15 is 0 Å². The number of ether oxygens (including phenoxy) is 2. The number of anilines is 1. The van der Waals surface area contributed by atoms with Crippen molar-refractivity contribution in [2.45, 2.75) is 13.5 Å². The van der Waals surface area contributed by atoms with Crippen LogP contribution in [0, 0.1) is 6.92 Å². The average molecular weight is 310 g/mol. The predicted molar refractivity (Wildman–Crippen MR) is 87.3 cm³/mol. The SMILES string of the molecule is Cc1cc2c(N(C)Cc3ccc4c(c3)OCCO4)nccn2n1. The molecule has 6 nitrogen and oxygen atoms in total. The Bertz CT molecular complexity index is 859. The van der Waals surface area contributed by atoms with Gasteiger partial charge in [-0.15, -0.1) is 0 Å². The third-order valence-electron chi connectivity index (χ3n) is 3.88. The summed E-state index contributed by atoms with van der Waals surface area (Å²) < 4.78 is 13.1. The minimum absolute atomic E-state index is 0.599. The number of fused-ring (bicyclic) bond motifs is 2. The first-order valence-electron chi connectivity index (χ1n) is 7.61. The lowest BCUT2D eigenvalue weighted by Gasteiger charge is -2.22. The molecular weight excluding hydrogens is 292 g/mol. The van der Waals surface area contributed by atoms with Gasteiger partial charge >= 0.3 is 0 Å². The molecule has 0 radical (unpaired) electrons. The fourth-order valence-electron chi connectivity index (χ4n) is 2.86. The molecule has 0 saturated heterocycles. The second kappa shape index (κ2) is 5.46. The Labute approximate surface area is 134 Å². The Kier molecular flexibility index (Phi) is 3.29. The summed E-state index contributed by atoms with van der Waals surface area (Å²) in [6, 6.07) is 8.11. The van der Waals surface area contributed by atoms with E-state index in [2.05, 4.69) is 21.0 Å². The van der Waals surface area contributed by atoms with Gasteiger partial charge in [-0.25, -0.2) is 9.50 Å². The zero-order valence-electron chi connectivity index (χ0n) is 13.2. The lowest BCUT2D eigenvalue weighted by molar-refractivity contribution is 0.171. The van der Waals surface area contributed by atoms with Crippen LogP contribution in [0.3, 0.4) is 0 Å². The third-order valence-corrected chi connectivity index (χ3v) is 3.88. The van der Waals surface area contributed by atoms with Crippen molar-refractivity contribution in [1.82, 2.24) is 14.6 Å². The Morgan fingerprint density at radius 3 is 2.87 bits per heavy atom. The van der Waals surface area contributed by atoms with E-state index in [-0.39, 0.29) is 0 Å². The fraction of sp³-hybridized carbons (Fsp3) is 0.294. The van der Waals surface area contributed by atoms with E-state index in [0.29, 0.717) is 13.2 Å². The van der Waals surface area contributed by atoms with E-state index in [1.54, 1.807) is 6.20 Å². The molecule has 1 aliphatic rings. The lowest BCUT2D eigenvalue weighted by atomic mass is 10.2. The van der Waals surface area contributed by atoms with Crippen LogP contribution >= 0.6 is 0 Å². The lowest BCUT2D eigenvalue weighted by Crippen LogP contribution is -2.19. The van der Waals surface area contributed by atoms with Gasteiger partial charge in [0.15, 0.2) is 17.3 Å². The van der Waals surface area contributed by atoms with E-state index in [9.17, 15) is 0 Å². The fourth-order valence-corrected chi connectivity index (χ4v) is 2.86. The topological polar surface area (TPSA) is 51.9 Å². The first kappa shape index (κ1) is 13.9. The molecule has 0 spiro atoms. The van der Waals surface area contributed by atoms with Gasteiger partial charge in [0, 0.05) is 26.0 Å². The van der Waals surface area contributed by atoms with Crippen molar-refractivity contribution in [1.29, 1.82) is 0 Å². The van der Waals surface area contributed by atoms with Gasteiger partial charge in [-0.1, -0.05) is 6.07 Å². The van der Waals surface area contributed by atoms with Crippen molar-refractivity contribution in [3.8, 4) is 11.5 Å². The second-order valence-corrected chi connectivity index (χ2v) is 5.70. The normalized spacial score (nSPS) is 13.3. The van der Waals surface area contributed by atoms with Crippen LogP contribution in [-0.4, -0.2) is 34.9 Å². The van der Waals surface area contributed by atoms with Gasteiger partial charge in [0.05, 0.1) is 5.69 Å². The highest BCUT2D eigenvalue weighted by molar-refractivity contribution is 5.68. The monoisotopic (exact) mass is 310 g/mol. The number of aromatic nitrogens is 3. The first-order chi connectivity index (χ1) is 11.2. The quantitative estimate of drug-likeness (QED) is 0.744. The minimum Gasteiger partial charge on any atom is -0.486 e. The molecule has 0 atom stereocenters. The van der Waals surface area contributed by atoms with E-state index in [0.717, 1.165) is 40.6 Å². The van der Waals surface area contributed by atoms with Crippen LogP contribution in [0.25, 0.3) is 5.52 Å². The molecule has 6 heteroatoms. The highest BCUT2D eigenvalue weighted by Crippen LogP contribution is 2.31. The number of rotatable bonds is 3. The maximum Gasteiger partial charge on any atom is 0.161 e. The minimum atomic E-state index is 0.599. The molecule has 3 heterocycles. The second-order valence-electron chi connectivity index (χ2n) is 5.70. The maximum absolute atomic E-state index is 5.65. The van der Waals surface area contributed by atoms with E-state index in [4.69, 9.17) is 9.47 Å². The number of nitrogens with zero attached hydrogens (tertiary/aromatic N) is 4. The Morgan fingerprint density at radius 2 is 2.00 bits per heavy atom. The molecule has 3 aromatic rings. The van der Waals surface area contributed by atoms with Gasteiger partial charge < -0.3 is 14.4 Å². The smallest absolute Gasteiger partial charge is 0.161 e. The van der Waals surface area contributed by atoms with Crippen molar-refractivity contribution in [3.05, 3.63) is 47.9 Å². The molecule has 2 aromatic heterocycles. The Balaban J connectivity index is 1.63. The van der Waals surface area contributed by atoms with Crippen molar-refractivity contribution in [2.24, 2.45) is 0 Å². The molecule has 1 aliphatic heterocycles. The van der Waals surface area contributed by atoms with Gasteiger partial charge in [-0.2, -0.15) is 5.10 Å². The summed E-state index contributed by atoms with van der Waals surface area (Å²) in [6.45, 7) is 3.92. The molecule has 0 fully saturated rings. The Morgan fingerprint density at radius 1 is 1.17 bits per heavy atom. The highest BCUT2D eigenvalue weighted by atomic mass is 16.6. The third kappa shape index (κ3) is 2.56. The Hall–Kier alpha value is -2.76. The summed E-state index contributed by atoms with van der Waals surface area (Å²) in [7, 11) is 2.03. The zero-order chi connectivity index (χ0) is 15.8. The largest absolute Gasteiger partial charge is 0.486 e. The molecule has 0 amide bonds. The van der Waals surface area contributed by atoms with Crippen LogP contribution in [0.5, 0.6) is 11.5 Å². The van der Waals surface area contributed by atoms with Crippen molar-refractivity contribution < 1.29 is 9.47 Å². The molecule has 23 heavy (non-hydrogen) atoms. The van der Waals surface area contributed by atoms with Crippen molar-refractivity contribution in [2.75, 3.05) is 25.2 Å². The van der Waals surface area contributed by atoms with Gasteiger partial charge in [-0.05, 0) is 30.7 Å². The van der Waals surface area contributed by atoms with Crippen LogP contribution in [0.2, 0.25) is 0 Å². The van der Waals surface area contributed by atoms with Crippen molar-refractivity contribution >= 4 is 11.3 Å². The standard InChI is InChI=1S/C17H18N4O2/c1-12-9-14-17(18-5-6-21(14)19-12)20(2)11-13-3-4-15-16(10-13)23-8-7-22-15/h3-6,9-10H,7-8,11H2,1-2H3. The molecule has 118 valence electrons. The summed E-state index contributed by atoms with van der Waals surface area (Å²) in [5, 5.41) is 4.43. The number of hydrogen-bond acceptors (Lipinski definition) is 5. The zero-order valence-corrected chi connectivity index (χ0v) is 13.2. The maximum atomic E-state index is 5.65. The number of aryl methyl sites for hydroxylation is 1. The van der Waals surface area contributed by atoms with Gasteiger partial charge in [0.25, 0.3) is 0 Å². The number of hydrogen-bond donors (Lipinski definition) is 0. The average Bonchev–Trinajstić information content (AvgIpc) is 2.94. The van der Waals surface area contributed by atoms with Crippen LogP contribution in [0.15, 0.2) is 36.7 Å². The molecule has 4 rings (SSSR count). The van der Waals surface area contributed by atoms with E-state index in [1.165, 1.54) is 0 Å². The summed E-state index contributed by atoms with van der Waals surface area (Å²) in [5.74, 6) is 2.53. The molecule has 0 unspecified atom stereocenters. The van der Waals surface area contributed by atoms with Gasteiger partial charge in [-0.3, -0.25) is 0 Å². The summed E-state index contributed by atoms with van der Waals surface area (Å²) >= 11 is 0. The summed E-state index contributed by atoms with van der Waals surface area (Å²) in [6.07, 6.45) is 3.64. The number of benzene rings is 1. The molecule has 0 saturated carbocycles. The molecule has 0 aliphatic carbocycles. The molecule has 0 N–H and O–H groups in total. The summed E-state index contributed by atoms with van der Waals surface area (Å²) in [5.41, 5.74) is 3.13. The van der Waals surface area contributed by atoms with Crippen LogP contribution in [-0.2, 0) is 6.54 Å². The summed E-state index contributed by atoms with van der Waals surface area (Å²) in [4.78, 5) is 6.63. The predicted octanol–water partition coefficient (Wildman–Crippen LogP) is 2.45. The van der Waals surface area contributed by atoms with Gasteiger partial charge in [0.2, 0.25) is 0 Å². The van der Waals surface area contributed by atoms with Crippen molar-refractivity contribution in [3.63, 3.8) is 0 Å². The van der Waals surface area contributed by atoms with Crippen LogP contribution < -0.4 is 14.4 Å². The molecular formula is C17H18N4O2. The first-order valence-corrected chi connectivity index (χ1v) is 7.61. The van der Waals surface area contributed by atoms with Crippen LogP contribution in [0.1, 0.15) is 11.3 Å². The highest BCUT2D eigenvalue weighted by Gasteiger charge is 2.14. The van der Waals surface area contributed by atoms with E-state index < -0.39 is 0 Å². The molecule has 0 bridgehead atoms. The molecule has 1 aromatic carbocycles. The van der Waals surface area contributed by atoms with E-state index in [1.807, 2.05) is 42.9 Å².